The maximum Gasteiger partial charge on any atom is 0.230 e. The van der Waals surface area contributed by atoms with Gasteiger partial charge in [0.1, 0.15) is 11.4 Å². The van der Waals surface area contributed by atoms with Crippen LogP contribution in [0.2, 0.25) is 0 Å². The van der Waals surface area contributed by atoms with Crippen molar-refractivity contribution >= 4 is 28.6 Å². The topological polar surface area (TPSA) is 54.9 Å². The van der Waals surface area contributed by atoms with E-state index < -0.39 is 0 Å². The quantitative estimate of drug-likeness (QED) is 0.573. The van der Waals surface area contributed by atoms with Gasteiger partial charge in [-0.15, -0.1) is 0 Å². The molecule has 1 unspecified atom stereocenters. The summed E-state index contributed by atoms with van der Waals surface area (Å²) in [7, 11) is 0. The molecule has 1 atom stereocenters. The molecule has 0 fully saturated rings. The molecule has 1 heterocycles. The highest BCUT2D eigenvalue weighted by atomic mass is 32.2. The fourth-order valence-electron chi connectivity index (χ4n) is 3.37. The number of nitrogens with one attached hydrogen (secondary N) is 1. The van der Waals surface area contributed by atoms with Gasteiger partial charge in [-0.1, -0.05) is 54.2 Å². The first-order valence-corrected chi connectivity index (χ1v) is 9.49. The Morgan fingerprint density at radius 1 is 1.12 bits per heavy atom. The summed E-state index contributed by atoms with van der Waals surface area (Å²) < 4.78 is 0. The Morgan fingerprint density at radius 3 is 2.92 bits per heavy atom. The molecule has 0 radical (unpaired) electrons. The van der Waals surface area contributed by atoms with Gasteiger partial charge in [0.2, 0.25) is 5.91 Å². The van der Waals surface area contributed by atoms with E-state index in [1.165, 1.54) is 22.9 Å². The lowest BCUT2D eigenvalue weighted by Crippen LogP contribution is -2.32. The van der Waals surface area contributed by atoms with Crippen LogP contribution in [0.5, 0.6) is 0 Å². The number of aromatic nitrogens is 2. The lowest BCUT2D eigenvalue weighted by Gasteiger charge is -2.26. The fraction of sp³-hybridized carbons (Fsp3) is 0.250. The molecule has 0 bridgehead atoms. The summed E-state index contributed by atoms with van der Waals surface area (Å²) in [6.07, 6.45) is 4.78. The highest BCUT2D eigenvalue weighted by Gasteiger charge is 2.21. The highest BCUT2D eigenvalue weighted by molar-refractivity contribution is 8.00. The van der Waals surface area contributed by atoms with E-state index in [0.29, 0.717) is 5.75 Å². The number of benzene rings is 2. The van der Waals surface area contributed by atoms with E-state index in [4.69, 9.17) is 0 Å². The Kier molecular flexibility index (Phi) is 4.65. The van der Waals surface area contributed by atoms with Crippen LogP contribution >= 0.6 is 11.8 Å². The number of amides is 1. The van der Waals surface area contributed by atoms with E-state index in [1.807, 2.05) is 30.3 Å². The predicted octanol–water partition coefficient (Wildman–Crippen LogP) is 3.92. The van der Waals surface area contributed by atoms with Crippen molar-refractivity contribution in [3.63, 3.8) is 0 Å². The first kappa shape index (κ1) is 16.1. The highest BCUT2D eigenvalue weighted by Crippen LogP contribution is 2.30. The van der Waals surface area contributed by atoms with E-state index in [1.54, 1.807) is 6.33 Å². The van der Waals surface area contributed by atoms with Crippen molar-refractivity contribution in [3.8, 4) is 0 Å². The Hall–Kier alpha value is -2.40. The Balaban J connectivity index is 1.43. The molecule has 1 N–H and O–H groups in total. The molecule has 4 nitrogen and oxygen atoms in total. The number of carbonyl (C=O) groups excluding carboxylic acids is 1. The third-order valence-electron chi connectivity index (χ3n) is 4.55. The molecular weight excluding hydrogens is 330 g/mol. The number of carbonyl (C=O) groups is 1. The largest absolute Gasteiger partial charge is 0.349 e. The summed E-state index contributed by atoms with van der Waals surface area (Å²) in [5.41, 5.74) is 3.52. The zero-order valence-corrected chi connectivity index (χ0v) is 14.6. The zero-order chi connectivity index (χ0) is 17.1. The van der Waals surface area contributed by atoms with Gasteiger partial charge in [0.15, 0.2) is 0 Å². The lowest BCUT2D eigenvalue weighted by molar-refractivity contribution is -0.119. The van der Waals surface area contributed by atoms with Crippen molar-refractivity contribution in [2.45, 2.75) is 30.3 Å². The van der Waals surface area contributed by atoms with Crippen molar-refractivity contribution in [1.29, 1.82) is 0 Å². The maximum absolute atomic E-state index is 12.5. The van der Waals surface area contributed by atoms with Gasteiger partial charge in [-0.3, -0.25) is 4.79 Å². The number of para-hydroxylation sites is 1. The summed E-state index contributed by atoms with van der Waals surface area (Å²) in [6, 6.07) is 16.4. The molecule has 5 heteroatoms. The van der Waals surface area contributed by atoms with Crippen LogP contribution < -0.4 is 5.32 Å². The molecule has 0 aliphatic heterocycles. The molecule has 25 heavy (non-hydrogen) atoms. The third-order valence-corrected chi connectivity index (χ3v) is 5.56. The molecule has 1 aliphatic rings. The van der Waals surface area contributed by atoms with E-state index in [2.05, 4.69) is 33.5 Å². The average Bonchev–Trinajstić information content (AvgIpc) is 2.66. The summed E-state index contributed by atoms with van der Waals surface area (Å²) >= 11 is 1.46. The molecule has 0 spiro atoms. The number of hydrogen-bond acceptors (Lipinski definition) is 4. The van der Waals surface area contributed by atoms with Gasteiger partial charge in [-0.2, -0.15) is 0 Å². The van der Waals surface area contributed by atoms with Gasteiger partial charge < -0.3 is 5.32 Å². The number of rotatable bonds is 4. The number of aryl methyl sites for hydroxylation is 1. The van der Waals surface area contributed by atoms with Crippen LogP contribution in [-0.2, 0) is 11.2 Å². The second-order valence-corrected chi connectivity index (χ2v) is 7.16. The van der Waals surface area contributed by atoms with Crippen molar-refractivity contribution in [3.05, 3.63) is 66.0 Å². The minimum atomic E-state index is 0.0504. The molecule has 3 aromatic rings. The molecule has 4 rings (SSSR count). The molecule has 2 aromatic carbocycles. The molecule has 0 saturated carbocycles. The minimum Gasteiger partial charge on any atom is -0.349 e. The van der Waals surface area contributed by atoms with Crippen LogP contribution in [0.1, 0.15) is 30.0 Å². The van der Waals surface area contributed by atoms with Gasteiger partial charge >= 0.3 is 0 Å². The summed E-state index contributed by atoms with van der Waals surface area (Å²) in [6.45, 7) is 0. The van der Waals surface area contributed by atoms with E-state index in [0.717, 1.165) is 35.2 Å². The van der Waals surface area contributed by atoms with Crippen molar-refractivity contribution < 1.29 is 4.79 Å². The van der Waals surface area contributed by atoms with Gasteiger partial charge in [-0.05, 0) is 36.5 Å². The molecule has 126 valence electrons. The number of thioether (sulfide) groups is 1. The van der Waals surface area contributed by atoms with Crippen LogP contribution in [0.3, 0.4) is 0 Å². The molecule has 1 amide bonds. The van der Waals surface area contributed by atoms with Crippen molar-refractivity contribution in [1.82, 2.24) is 15.3 Å². The molecule has 1 aromatic heterocycles. The second-order valence-electron chi connectivity index (χ2n) is 6.20. The zero-order valence-electron chi connectivity index (χ0n) is 13.8. The number of hydrogen-bond donors (Lipinski definition) is 1. The number of nitrogens with zero attached hydrogens (tertiary/aromatic N) is 2. The van der Waals surface area contributed by atoms with Crippen LogP contribution in [-0.4, -0.2) is 21.6 Å². The molecule has 1 aliphatic carbocycles. The Labute approximate surface area is 151 Å². The van der Waals surface area contributed by atoms with Gasteiger partial charge in [0, 0.05) is 5.39 Å². The summed E-state index contributed by atoms with van der Waals surface area (Å²) in [4.78, 5) is 21.1. The van der Waals surface area contributed by atoms with Gasteiger partial charge in [-0.25, -0.2) is 9.97 Å². The SMILES string of the molecule is O=C(CSc1ncnc2ccccc12)NC1CCCc2ccccc21. The third kappa shape index (κ3) is 3.51. The number of fused-ring (bicyclic) bond motifs is 2. The maximum atomic E-state index is 12.5. The lowest BCUT2D eigenvalue weighted by atomic mass is 9.88. The van der Waals surface area contributed by atoms with Crippen LogP contribution in [0.4, 0.5) is 0 Å². The van der Waals surface area contributed by atoms with Crippen molar-refractivity contribution in [2.75, 3.05) is 5.75 Å². The van der Waals surface area contributed by atoms with Gasteiger partial charge in [0.05, 0.1) is 17.3 Å². The minimum absolute atomic E-state index is 0.0504. The van der Waals surface area contributed by atoms with E-state index in [-0.39, 0.29) is 11.9 Å². The monoisotopic (exact) mass is 349 g/mol. The van der Waals surface area contributed by atoms with E-state index in [9.17, 15) is 4.79 Å². The van der Waals surface area contributed by atoms with Crippen LogP contribution in [0, 0.1) is 0 Å². The van der Waals surface area contributed by atoms with E-state index >= 15 is 0 Å². The summed E-state index contributed by atoms with van der Waals surface area (Å²) in [5, 5.41) is 5.03. The smallest absolute Gasteiger partial charge is 0.230 e. The Morgan fingerprint density at radius 2 is 1.96 bits per heavy atom. The van der Waals surface area contributed by atoms with Crippen LogP contribution in [0.25, 0.3) is 10.9 Å². The fourth-order valence-corrected chi connectivity index (χ4v) is 4.17. The standard InChI is InChI=1S/C20H19N3OS/c24-19(23-18-11-5-7-14-6-1-2-8-15(14)18)12-25-20-16-9-3-4-10-17(16)21-13-22-20/h1-4,6,8-10,13,18H,5,7,11-12H2,(H,23,24). The van der Waals surface area contributed by atoms with Gasteiger partial charge in [0.25, 0.3) is 0 Å². The average molecular weight is 349 g/mol. The molecular formula is C20H19N3OS. The summed E-state index contributed by atoms with van der Waals surface area (Å²) in [5.74, 6) is 0.411. The predicted molar refractivity (Wildman–Crippen MR) is 101 cm³/mol. The first-order valence-electron chi connectivity index (χ1n) is 8.51. The Bertz CT molecular complexity index is 907. The second kappa shape index (κ2) is 7.23. The normalized spacial score (nSPS) is 16.4. The first-order chi connectivity index (χ1) is 12.3. The molecule has 0 saturated heterocycles. The van der Waals surface area contributed by atoms with Crippen LogP contribution in [0.15, 0.2) is 59.9 Å². The van der Waals surface area contributed by atoms with Crippen molar-refractivity contribution in [2.24, 2.45) is 0 Å².